The molecule has 1 aromatic carbocycles. The van der Waals surface area contributed by atoms with Crippen molar-refractivity contribution in [3.8, 4) is 0 Å². The number of aliphatic carboxylic acids is 1. The lowest BCUT2D eigenvalue weighted by Gasteiger charge is -2.06. The number of rotatable bonds is 6. The molecule has 0 aliphatic heterocycles. The number of nitrogens with one attached hydrogen (secondary N) is 1. The molecular weight excluding hydrogens is 284 g/mol. The molecule has 22 heavy (non-hydrogen) atoms. The fourth-order valence-electron chi connectivity index (χ4n) is 2.01. The Labute approximate surface area is 128 Å². The van der Waals surface area contributed by atoms with Gasteiger partial charge in [0.1, 0.15) is 11.6 Å². The van der Waals surface area contributed by atoms with Crippen LogP contribution in [0.5, 0.6) is 0 Å². The van der Waals surface area contributed by atoms with Crippen LogP contribution in [-0.4, -0.2) is 38.3 Å². The van der Waals surface area contributed by atoms with Gasteiger partial charge in [0.05, 0.1) is 6.42 Å². The van der Waals surface area contributed by atoms with Crippen LogP contribution in [-0.2, 0) is 24.7 Å². The van der Waals surface area contributed by atoms with Gasteiger partial charge in [0.2, 0.25) is 0 Å². The Bertz CT molecular complexity index is 677. The average molecular weight is 302 g/mol. The summed E-state index contributed by atoms with van der Waals surface area (Å²) in [6.45, 7) is 2.33. The molecule has 7 heteroatoms. The summed E-state index contributed by atoms with van der Waals surface area (Å²) in [5.74, 6) is 0.557. The summed E-state index contributed by atoms with van der Waals surface area (Å²) in [6, 6.07) is 6.55. The number of carboxylic acids is 1. The third-order valence-corrected chi connectivity index (χ3v) is 3.39. The van der Waals surface area contributed by atoms with Gasteiger partial charge >= 0.3 is 5.97 Å². The molecule has 0 fully saturated rings. The van der Waals surface area contributed by atoms with Crippen molar-refractivity contribution in [2.45, 2.75) is 19.8 Å². The summed E-state index contributed by atoms with van der Waals surface area (Å²) >= 11 is 0. The molecule has 2 aromatic rings. The highest BCUT2D eigenvalue weighted by atomic mass is 16.4. The summed E-state index contributed by atoms with van der Waals surface area (Å²) in [5, 5.41) is 19.5. The fraction of sp³-hybridized carbons (Fsp3) is 0.333. The lowest BCUT2D eigenvalue weighted by molar-refractivity contribution is -0.136. The fourth-order valence-corrected chi connectivity index (χ4v) is 2.01. The summed E-state index contributed by atoms with van der Waals surface area (Å²) in [4.78, 5) is 22.6. The standard InChI is InChI=1S/C15H18N4O3/c1-10-17-18-13(19(10)2)7-8-16-15(22)12-5-3-11(4-6-12)9-14(20)21/h3-6H,7-9H2,1-2H3,(H,16,22)(H,20,21). The van der Waals surface area contributed by atoms with Crippen LogP contribution in [0.4, 0.5) is 0 Å². The van der Waals surface area contributed by atoms with E-state index in [9.17, 15) is 9.59 Å². The minimum absolute atomic E-state index is 0.0482. The Kier molecular flexibility index (Phi) is 4.88. The van der Waals surface area contributed by atoms with Crippen molar-refractivity contribution in [3.63, 3.8) is 0 Å². The molecule has 0 saturated heterocycles. The number of hydrogen-bond acceptors (Lipinski definition) is 4. The molecule has 1 amide bonds. The van der Waals surface area contributed by atoms with Gasteiger partial charge in [-0.2, -0.15) is 0 Å². The van der Waals surface area contributed by atoms with Crippen LogP contribution in [0, 0.1) is 6.92 Å². The number of amides is 1. The maximum atomic E-state index is 12.0. The Morgan fingerprint density at radius 3 is 2.45 bits per heavy atom. The number of hydrogen-bond donors (Lipinski definition) is 2. The molecule has 0 saturated carbocycles. The quantitative estimate of drug-likeness (QED) is 0.819. The molecule has 0 radical (unpaired) electrons. The molecule has 2 rings (SSSR count). The second kappa shape index (κ2) is 6.84. The van der Waals surface area contributed by atoms with E-state index in [0.29, 0.717) is 24.1 Å². The van der Waals surface area contributed by atoms with Gasteiger partial charge in [0, 0.05) is 25.6 Å². The van der Waals surface area contributed by atoms with Gasteiger partial charge in [-0.15, -0.1) is 10.2 Å². The summed E-state index contributed by atoms with van der Waals surface area (Å²) in [5.41, 5.74) is 1.17. The van der Waals surface area contributed by atoms with Crippen molar-refractivity contribution >= 4 is 11.9 Å². The Morgan fingerprint density at radius 2 is 1.91 bits per heavy atom. The molecule has 0 aliphatic rings. The van der Waals surface area contributed by atoms with E-state index >= 15 is 0 Å². The SMILES string of the molecule is Cc1nnc(CCNC(=O)c2ccc(CC(=O)O)cc2)n1C. The summed E-state index contributed by atoms with van der Waals surface area (Å²) in [6.07, 6.45) is 0.549. The predicted octanol–water partition coefficient (Wildman–Crippen LogP) is 0.723. The topological polar surface area (TPSA) is 97.1 Å². The zero-order valence-corrected chi connectivity index (χ0v) is 12.5. The monoisotopic (exact) mass is 302 g/mol. The van der Waals surface area contributed by atoms with Gasteiger partial charge < -0.3 is 15.0 Å². The van der Waals surface area contributed by atoms with Crippen molar-refractivity contribution < 1.29 is 14.7 Å². The molecule has 0 bridgehead atoms. The van der Waals surface area contributed by atoms with Gasteiger partial charge in [0.15, 0.2) is 0 Å². The van der Waals surface area contributed by atoms with Crippen molar-refractivity contribution in [1.29, 1.82) is 0 Å². The molecule has 0 aliphatic carbocycles. The number of aryl methyl sites for hydroxylation is 1. The van der Waals surface area contributed by atoms with Crippen molar-refractivity contribution in [2.75, 3.05) is 6.54 Å². The van der Waals surface area contributed by atoms with Crippen LogP contribution in [0.15, 0.2) is 24.3 Å². The second-order valence-electron chi connectivity index (χ2n) is 5.00. The first-order valence-electron chi connectivity index (χ1n) is 6.91. The lowest BCUT2D eigenvalue weighted by atomic mass is 10.1. The number of nitrogens with zero attached hydrogens (tertiary/aromatic N) is 3. The van der Waals surface area contributed by atoms with E-state index in [1.165, 1.54) is 0 Å². The van der Waals surface area contributed by atoms with Crippen LogP contribution in [0.2, 0.25) is 0 Å². The first-order chi connectivity index (χ1) is 10.5. The average Bonchev–Trinajstić information content (AvgIpc) is 2.79. The highest BCUT2D eigenvalue weighted by Gasteiger charge is 2.08. The second-order valence-corrected chi connectivity index (χ2v) is 5.00. The van der Waals surface area contributed by atoms with Crippen LogP contribution in [0.1, 0.15) is 27.6 Å². The van der Waals surface area contributed by atoms with Crippen molar-refractivity contribution in [3.05, 3.63) is 47.0 Å². The number of carboxylic acid groups (broad SMARTS) is 1. The van der Waals surface area contributed by atoms with E-state index in [4.69, 9.17) is 5.11 Å². The van der Waals surface area contributed by atoms with Crippen LogP contribution < -0.4 is 5.32 Å². The van der Waals surface area contributed by atoms with Crippen LogP contribution in [0.25, 0.3) is 0 Å². The Balaban J connectivity index is 1.87. The van der Waals surface area contributed by atoms with E-state index in [-0.39, 0.29) is 12.3 Å². The Hall–Kier alpha value is -2.70. The van der Waals surface area contributed by atoms with Crippen molar-refractivity contribution in [1.82, 2.24) is 20.1 Å². The highest BCUT2D eigenvalue weighted by molar-refractivity contribution is 5.94. The first-order valence-corrected chi connectivity index (χ1v) is 6.91. The largest absolute Gasteiger partial charge is 0.481 e. The summed E-state index contributed by atoms with van der Waals surface area (Å²) < 4.78 is 1.88. The molecule has 7 nitrogen and oxygen atoms in total. The number of aromatic nitrogens is 3. The van der Waals surface area contributed by atoms with Crippen LogP contribution >= 0.6 is 0 Å². The lowest BCUT2D eigenvalue weighted by Crippen LogP contribution is -2.26. The molecule has 0 spiro atoms. The number of carbonyl (C=O) groups excluding carboxylic acids is 1. The summed E-state index contributed by atoms with van der Waals surface area (Å²) in [7, 11) is 1.88. The third-order valence-electron chi connectivity index (χ3n) is 3.39. The highest BCUT2D eigenvalue weighted by Crippen LogP contribution is 2.05. The van der Waals surface area contributed by atoms with Gasteiger partial charge in [-0.05, 0) is 24.6 Å². The van der Waals surface area contributed by atoms with Gasteiger partial charge in [-0.3, -0.25) is 9.59 Å². The molecule has 1 heterocycles. The molecule has 2 N–H and O–H groups in total. The van der Waals surface area contributed by atoms with Crippen LogP contribution in [0.3, 0.4) is 0 Å². The third kappa shape index (κ3) is 3.91. The zero-order chi connectivity index (χ0) is 16.1. The maximum Gasteiger partial charge on any atom is 0.307 e. The molecule has 0 atom stereocenters. The van der Waals surface area contributed by atoms with Gasteiger partial charge in [0.25, 0.3) is 5.91 Å². The van der Waals surface area contributed by atoms with E-state index in [1.807, 2.05) is 18.5 Å². The van der Waals surface area contributed by atoms with Gasteiger partial charge in [-0.1, -0.05) is 12.1 Å². The number of carbonyl (C=O) groups is 2. The normalized spacial score (nSPS) is 10.5. The zero-order valence-electron chi connectivity index (χ0n) is 12.5. The molecule has 116 valence electrons. The maximum absolute atomic E-state index is 12.0. The van der Waals surface area contributed by atoms with E-state index in [0.717, 1.165) is 11.6 Å². The first kappa shape index (κ1) is 15.7. The Morgan fingerprint density at radius 1 is 1.23 bits per heavy atom. The molecule has 0 unspecified atom stereocenters. The smallest absolute Gasteiger partial charge is 0.307 e. The minimum Gasteiger partial charge on any atom is -0.481 e. The molecule has 1 aromatic heterocycles. The van der Waals surface area contributed by atoms with E-state index in [1.54, 1.807) is 24.3 Å². The molecular formula is C15H18N4O3. The van der Waals surface area contributed by atoms with E-state index in [2.05, 4.69) is 15.5 Å². The minimum atomic E-state index is -0.892. The van der Waals surface area contributed by atoms with Crippen molar-refractivity contribution in [2.24, 2.45) is 7.05 Å². The number of benzene rings is 1. The van der Waals surface area contributed by atoms with E-state index < -0.39 is 5.97 Å². The predicted molar refractivity (Wildman–Crippen MR) is 79.6 cm³/mol. The van der Waals surface area contributed by atoms with Gasteiger partial charge in [-0.25, -0.2) is 0 Å².